The van der Waals surface area contributed by atoms with Gasteiger partial charge in [-0.05, 0) is 18.3 Å². The molecule has 4 N–H and O–H groups in total. The summed E-state index contributed by atoms with van der Waals surface area (Å²) in [5.74, 6) is -0.690. The van der Waals surface area contributed by atoms with Crippen molar-refractivity contribution in [1.82, 2.24) is 5.32 Å². The number of amides is 1. The number of hydrogen-bond donors (Lipinski definition) is 3. The fourth-order valence-electron chi connectivity index (χ4n) is 3.17. The van der Waals surface area contributed by atoms with Gasteiger partial charge in [0.25, 0.3) is 5.91 Å². The van der Waals surface area contributed by atoms with E-state index < -0.39 is 30.1 Å². The number of nitrogens with one attached hydrogen (secondary N) is 1. The van der Waals surface area contributed by atoms with Gasteiger partial charge in [0.2, 0.25) is 0 Å². The number of ether oxygens (including phenoxy) is 1. The van der Waals surface area contributed by atoms with Crippen LogP contribution in [0.2, 0.25) is 0 Å². The molecule has 0 aromatic carbocycles. The molecule has 6 nitrogen and oxygen atoms in total. The van der Waals surface area contributed by atoms with Crippen LogP contribution in [0, 0.1) is 11.8 Å². The SMILES string of the molecule is CC[C@@H](C)C(NC(=O)[C@@H](O)C(N)CC1CCCCC1)C(=O)OC. The van der Waals surface area contributed by atoms with E-state index in [4.69, 9.17) is 10.5 Å². The third-order valence-electron chi connectivity index (χ3n) is 4.97. The van der Waals surface area contributed by atoms with Crippen LogP contribution in [-0.2, 0) is 14.3 Å². The fourth-order valence-corrected chi connectivity index (χ4v) is 3.17. The van der Waals surface area contributed by atoms with Crippen molar-refractivity contribution in [2.24, 2.45) is 17.6 Å². The number of rotatable bonds is 8. The quantitative estimate of drug-likeness (QED) is 0.584. The number of aliphatic hydroxyl groups excluding tert-OH is 1. The van der Waals surface area contributed by atoms with Crippen LogP contribution < -0.4 is 11.1 Å². The highest BCUT2D eigenvalue weighted by Gasteiger charge is 2.32. The molecule has 2 unspecified atom stereocenters. The maximum atomic E-state index is 12.2. The molecule has 0 heterocycles. The first-order valence-corrected chi connectivity index (χ1v) is 8.72. The largest absolute Gasteiger partial charge is 0.467 e. The van der Waals surface area contributed by atoms with E-state index in [0.29, 0.717) is 18.8 Å². The minimum absolute atomic E-state index is 0.0758. The van der Waals surface area contributed by atoms with Gasteiger partial charge in [0.05, 0.1) is 7.11 Å². The van der Waals surface area contributed by atoms with Gasteiger partial charge in [0, 0.05) is 6.04 Å². The summed E-state index contributed by atoms with van der Waals surface area (Å²) in [6, 6.07) is -1.36. The molecule has 1 aliphatic rings. The summed E-state index contributed by atoms with van der Waals surface area (Å²) < 4.78 is 4.73. The Hall–Kier alpha value is -1.14. The Balaban J connectivity index is 2.57. The maximum absolute atomic E-state index is 12.2. The minimum Gasteiger partial charge on any atom is -0.467 e. The molecule has 134 valence electrons. The highest BCUT2D eigenvalue weighted by Crippen LogP contribution is 2.27. The molecule has 1 aliphatic carbocycles. The first-order chi connectivity index (χ1) is 10.9. The monoisotopic (exact) mass is 328 g/mol. The lowest BCUT2D eigenvalue weighted by atomic mass is 9.84. The van der Waals surface area contributed by atoms with Gasteiger partial charge >= 0.3 is 5.97 Å². The van der Waals surface area contributed by atoms with Crippen molar-refractivity contribution in [3.05, 3.63) is 0 Å². The van der Waals surface area contributed by atoms with E-state index in [2.05, 4.69) is 5.32 Å². The zero-order valence-corrected chi connectivity index (χ0v) is 14.6. The molecular formula is C17H32N2O4. The van der Waals surface area contributed by atoms with E-state index in [9.17, 15) is 14.7 Å². The summed E-state index contributed by atoms with van der Waals surface area (Å²) in [6.07, 6.45) is 5.92. The number of esters is 1. The van der Waals surface area contributed by atoms with E-state index in [1.54, 1.807) is 0 Å². The number of methoxy groups -OCH3 is 1. The molecular weight excluding hydrogens is 296 g/mol. The van der Waals surface area contributed by atoms with Crippen molar-refractivity contribution in [1.29, 1.82) is 0 Å². The van der Waals surface area contributed by atoms with Crippen LogP contribution in [-0.4, -0.2) is 42.3 Å². The smallest absolute Gasteiger partial charge is 0.328 e. The number of carbonyl (C=O) groups excluding carboxylic acids is 2. The highest BCUT2D eigenvalue weighted by molar-refractivity contribution is 5.87. The number of hydrogen-bond acceptors (Lipinski definition) is 5. The summed E-state index contributed by atoms with van der Waals surface area (Å²) in [7, 11) is 1.29. The van der Waals surface area contributed by atoms with Crippen LogP contribution in [0.5, 0.6) is 0 Å². The van der Waals surface area contributed by atoms with Crippen LogP contribution in [0.3, 0.4) is 0 Å². The van der Waals surface area contributed by atoms with Crippen molar-refractivity contribution in [2.45, 2.75) is 77.0 Å². The molecule has 0 aromatic rings. The van der Waals surface area contributed by atoms with Gasteiger partial charge in [-0.2, -0.15) is 0 Å². The van der Waals surface area contributed by atoms with Crippen molar-refractivity contribution in [3.63, 3.8) is 0 Å². The second-order valence-electron chi connectivity index (χ2n) is 6.74. The van der Waals surface area contributed by atoms with Gasteiger partial charge in [0.15, 0.2) is 0 Å². The van der Waals surface area contributed by atoms with Gasteiger partial charge in [-0.1, -0.05) is 52.4 Å². The highest BCUT2D eigenvalue weighted by atomic mass is 16.5. The van der Waals surface area contributed by atoms with Crippen molar-refractivity contribution in [3.8, 4) is 0 Å². The number of carbonyl (C=O) groups is 2. The maximum Gasteiger partial charge on any atom is 0.328 e. The minimum atomic E-state index is -1.30. The van der Waals surface area contributed by atoms with E-state index in [-0.39, 0.29) is 5.92 Å². The van der Waals surface area contributed by atoms with Crippen LogP contribution in [0.4, 0.5) is 0 Å². The third kappa shape index (κ3) is 6.11. The molecule has 0 radical (unpaired) electrons. The Morgan fingerprint density at radius 1 is 1.30 bits per heavy atom. The van der Waals surface area contributed by atoms with Crippen molar-refractivity contribution in [2.75, 3.05) is 7.11 Å². The van der Waals surface area contributed by atoms with Crippen LogP contribution in [0.1, 0.15) is 58.8 Å². The molecule has 0 bridgehead atoms. The normalized spacial score (nSPS) is 21.1. The second kappa shape index (κ2) is 9.88. The van der Waals surface area contributed by atoms with E-state index in [1.807, 2.05) is 13.8 Å². The standard InChI is InChI=1S/C17H32N2O4/c1-4-11(2)14(17(22)23-3)19-16(21)15(20)13(18)10-12-8-6-5-7-9-12/h11-15,20H,4-10,18H2,1-3H3,(H,19,21)/t11-,13?,14?,15+/m1/s1. The summed E-state index contributed by atoms with van der Waals surface area (Å²) in [5, 5.41) is 12.8. The first-order valence-electron chi connectivity index (χ1n) is 8.72. The number of aliphatic hydroxyl groups is 1. The van der Waals surface area contributed by atoms with E-state index in [0.717, 1.165) is 12.8 Å². The molecule has 1 fully saturated rings. The average molecular weight is 328 g/mol. The lowest BCUT2D eigenvalue weighted by Crippen LogP contribution is -2.53. The summed E-state index contributed by atoms with van der Waals surface area (Å²) >= 11 is 0. The Labute approximate surface area is 139 Å². The molecule has 0 aliphatic heterocycles. The molecule has 4 atom stereocenters. The number of nitrogens with two attached hydrogens (primary N) is 1. The average Bonchev–Trinajstić information content (AvgIpc) is 2.58. The predicted molar refractivity (Wildman–Crippen MR) is 88.6 cm³/mol. The zero-order valence-electron chi connectivity index (χ0n) is 14.6. The summed E-state index contributed by atoms with van der Waals surface area (Å²) in [4.78, 5) is 24.0. The van der Waals surface area contributed by atoms with Gasteiger partial charge < -0.3 is 20.9 Å². The van der Waals surface area contributed by atoms with E-state index in [1.165, 1.54) is 26.4 Å². The Kier molecular flexibility index (Phi) is 8.55. The van der Waals surface area contributed by atoms with Gasteiger partial charge in [-0.15, -0.1) is 0 Å². The molecule has 0 saturated heterocycles. The van der Waals surface area contributed by atoms with Crippen molar-refractivity contribution >= 4 is 11.9 Å². The third-order valence-corrected chi connectivity index (χ3v) is 4.97. The Bertz CT molecular complexity index is 383. The lowest BCUT2D eigenvalue weighted by molar-refractivity contribution is -0.148. The topological polar surface area (TPSA) is 102 Å². The van der Waals surface area contributed by atoms with Crippen LogP contribution >= 0.6 is 0 Å². The molecule has 0 aromatic heterocycles. The molecule has 6 heteroatoms. The summed E-state index contributed by atoms with van der Waals surface area (Å²) in [6.45, 7) is 3.79. The van der Waals surface area contributed by atoms with Crippen LogP contribution in [0.15, 0.2) is 0 Å². The first kappa shape index (κ1) is 19.9. The predicted octanol–water partition coefficient (Wildman–Crippen LogP) is 1.35. The Morgan fingerprint density at radius 3 is 2.43 bits per heavy atom. The zero-order chi connectivity index (χ0) is 17.4. The van der Waals surface area contributed by atoms with Gasteiger partial charge in [-0.3, -0.25) is 4.79 Å². The van der Waals surface area contributed by atoms with Crippen molar-refractivity contribution < 1.29 is 19.4 Å². The van der Waals surface area contributed by atoms with E-state index >= 15 is 0 Å². The van der Waals surface area contributed by atoms with Gasteiger partial charge in [-0.25, -0.2) is 4.79 Å². The molecule has 0 spiro atoms. The second-order valence-corrected chi connectivity index (χ2v) is 6.74. The van der Waals surface area contributed by atoms with Crippen LogP contribution in [0.25, 0.3) is 0 Å². The molecule has 1 amide bonds. The van der Waals surface area contributed by atoms with Gasteiger partial charge in [0.1, 0.15) is 12.1 Å². The molecule has 23 heavy (non-hydrogen) atoms. The lowest BCUT2D eigenvalue weighted by Gasteiger charge is -2.28. The molecule has 1 saturated carbocycles. The molecule has 1 rings (SSSR count). The summed E-state index contributed by atoms with van der Waals surface area (Å²) in [5.41, 5.74) is 6.01. The fraction of sp³-hybridized carbons (Fsp3) is 0.882. The Morgan fingerprint density at radius 2 is 1.91 bits per heavy atom.